The van der Waals surface area contributed by atoms with Crippen molar-refractivity contribution in [2.45, 2.75) is 23.6 Å². The highest BCUT2D eigenvalue weighted by Crippen LogP contribution is 2.20. The summed E-state index contributed by atoms with van der Waals surface area (Å²) in [4.78, 5) is 3.52. The van der Waals surface area contributed by atoms with Gasteiger partial charge in [0.05, 0.1) is 9.92 Å². The van der Waals surface area contributed by atoms with Gasteiger partial charge in [0.2, 0.25) is 0 Å². The molecule has 2 aromatic rings. The van der Waals surface area contributed by atoms with E-state index in [1.165, 1.54) is 24.3 Å². The predicted molar refractivity (Wildman–Crippen MR) is 88.0 cm³/mol. The van der Waals surface area contributed by atoms with Gasteiger partial charge in [-0.15, -0.1) is 9.66 Å². The topological polar surface area (TPSA) is 92.3 Å². The van der Waals surface area contributed by atoms with Crippen molar-refractivity contribution in [2.75, 3.05) is 0 Å². The summed E-state index contributed by atoms with van der Waals surface area (Å²) < 4.78 is 48.9. The van der Waals surface area contributed by atoms with Crippen molar-refractivity contribution < 1.29 is 16.8 Å². The summed E-state index contributed by atoms with van der Waals surface area (Å²) in [5.41, 5.74) is 1.24. The van der Waals surface area contributed by atoms with Gasteiger partial charge in [-0.1, -0.05) is 35.9 Å². The van der Waals surface area contributed by atoms with Gasteiger partial charge in [0.25, 0.3) is 20.0 Å². The van der Waals surface area contributed by atoms with E-state index in [1.807, 2.05) is 9.66 Å². The fourth-order valence-electron chi connectivity index (χ4n) is 1.88. The lowest BCUT2D eigenvalue weighted by Gasteiger charge is -2.12. The van der Waals surface area contributed by atoms with Gasteiger partial charge in [-0.3, -0.25) is 0 Å². The second-order valence-electron chi connectivity index (χ2n) is 4.91. The molecule has 124 valence electrons. The quantitative estimate of drug-likeness (QED) is 0.784. The Bertz CT molecular complexity index is 941. The molecule has 0 unspecified atom stereocenters. The zero-order chi connectivity index (χ0) is 17.3. The molecule has 2 rings (SSSR count). The van der Waals surface area contributed by atoms with Crippen LogP contribution in [-0.2, 0) is 20.0 Å². The molecule has 0 aliphatic heterocycles. The van der Waals surface area contributed by atoms with Crippen molar-refractivity contribution in [2.24, 2.45) is 0 Å². The highest BCUT2D eigenvalue weighted by atomic mass is 35.5. The van der Waals surface area contributed by atoms with Crippen LogP contribution >= 0.6 is 11.6 Å². The first-order valence-corrected chi connectivity index (χ1v) is 9.83. The minimum Gasteiger partial charge on any atom is -0.206 e. The molecular weight excluding hydrogens is 360 g/mol. The second-order valence-corrected chi connectivity index (χ2v) is 8.62. The van der Waals surface area contributed by atoms with Crippen LogP contribution in [0, 0.1) is 13.8 Å². The molecule has 2 N–H and O–H groups in total. The molecule has 0 heterocycles. The zero-order valence-corrected chi connectivity index (χ0v) is 14.8. The molecule has 0 saturated carbocycles. The standard InChI is InChI=1S/C14H15ClN2O4S2/c1-10-7-8-11(2)14(9-10)23(20,21)17-16-22(18,19)13-6-4-3-5-12(13)15/h3-9,16-17H,1-2H3. The maximum absolute atomic E-state index is 12.3. The molecule has 9 heteroatoms. The van der Waals surface area contributed by atoms with Gasteiger partial charge in [0.1, 0.15) is 4.90 Å². The number of nitrogens with one attached hydrogen (secondary N) is 2. The number of halogens is 1. The van der Waals surface area contributed by atoms with Crippen molar-refractivity contribution in [1.82, 2.24) is 9.66 Å². The average Bonchev–Trinajstić information content (AvgIpc) is 2.48. The van der Waals surface area contributed by atoms with E-state index >= 15 is 0 Å². The molecule has 6 nitrogen and oxygen atoms in total. The Morgan fingerprint density at radius 2 is 1.39 bits per heavy atom. The number of aryl methyl sites for hydroxylation is 2. The third kappa shape index (κ3) is 4.10. The molecule has 23 heavy (non-hydrogen) atoms. The summed E-state index contributed by atoms with van der Waals surface area (Å²) in [6, 6.07) is 10.6. The third-order valence-electron chi connectivity index (χ3n) is 3.07. The minimum absolute atomic E-state index is 0.000594. The summed E-state index contributed by atoms with van der Waals surface area (Å²) in [5.74, 6) is 0. The van der Waals surface area contributed by atoms with Crippen LogP contribution in [0.3, 0.4) is 0 Å². The number of hydrogen-bond donors (Lipinski definition) is 2. The van der Waals surface area contributed by atoms with E-state index in [-0.39, 0.29) is 14.8 Å². The maximum Gasteiger partial charge on any atom is 0.255 e. The highest BCUT2D eigenvalue weighted by Gasteiger charge is 2.22. The van der Waals surface area contributed by atoms with Gasteiger partial charge in [-0.25, -0.2) is 16.8 Å². The van der Waals surface area contributed by atoms with Crippen LogP contribution < -0.4 is 9.66 Å². The van der Waals surface area contributed by atoms with Crippen molar-refractivity contribution in [1.29, 1.82) is 0 Å². The van der Waals surface area contributed by atoms with E-state index in [4.69, 9.17) is 11.6 Å². The smallest absolute Gasteiger partial charge is 0.206 e. The largest absolute Gasteiger partial charge is 0.255 e. The Morgan fingerprint density at radius 3 is 2.00 bits per heavy atom. The van der Waals surface area contributed by atoms with Gasteiger partial charge in [0.15, 0.2) is 0 Å². The Morgan fingerprint density at radius 1 is 0.826 bits per heavy atom. The number of sulfonamides is 2. The lowest BCUT2D eigenvalue weighted by atomic mass is 10.2. The normalized spacial score (nSPS) is 12.3. The molecule has 0 radical (unpaired) electrons. The van der Waals surface area contributed by atoms with E-state index in [1.54, 1.807) is 32.0 Å². The predicted octanol–water partition coefficient (Wildman–Crippen LogP) is 2.13. The second kappa shape index (κ2) is 6.58. The first kappa shape index (κ1) is 17.9. The van der Waals surface area contributed by atoms with Crippen LogP contribution in [0.4, 0.5) is 0 Å². The van der Waals surface area contributed by atoms with E-state index < -0.39 is 20.0 Å². The van der Waals surface area contributed by atoms with Gasteiger partial charge in [0, 0.05) is 0 Å². The first-order chi connectivity index (χ1) is 10.6. The summed E-state index contributed by atoms with van der Waals surface area (Å²) >= 11 is 5.83. The summed E-state index contributed by atoms with van der Waals surface area (Å²) in [7, 11) is -8.18. The first-order valence-electron chi connectivity index (χ1n) is 6.49. The number of hydrazine groups is 1. The van der Waals surface area contributed by atoms with E-state index in [9.17, 15) is 16.8 Å². The molecule has 0 atom stereocenters. The van der Waals surface area contributed by atoms with Gasteiger partial charge in [-0.05, 0) is 43.2 Å². The summed E-state index contributed by atoms with van der Waals surface area (Å²) in [6.45, 7) is 3.36. The number of benzene rings is 2. The Hall–Kier alpha value is -1.45. The molecule has 0 fully saturated rings. The third-order valence-corrected chi connectivity index (χ3v) is 6.34. The monoisotopic (exact) mass is 374 g/mol. The van der Waals surface area contributed by atoms with Crippen molar-refractivity contribution >= 4 is 31.6 Å². The van der Waals surface area contributed by atoms with Crippen molar-refractivity contribution in [3.05, 3.63) is 58.6 Å². The molecule has 0 spiro atoms. The fraction of sp³-hybridized carbons (Fsp3) is 0.143. The molecule has 2 aromatic carbocycles. The molecule has 0 aromatic heterocycles. The molecule has 0 bridgehead atoms. The lowest BCUT2D eigenvalue weighted by Crippen LogP contribution is -2.41. The SMILES string of the molecule is Cc1ccc(C)c(S(=O)(=O)NNS(=O)(=O)c2ccccc2Cl)c1. The van der Waals surface area contributed by atoms with Gasteiger partial charge >= 0.3 is 0 Å². The van der Waals surface area contributed by atoms with Crippen LogP contribution in [0.25, 0.3) is 0 Å². The fourth-order valence-corrected chi connectivity index (χ4v) is 4.83. The molecule has 0 amide bonds. The van der Waals surface area contributed by atoms with Crippen LogP contribution in [-0.4, -0.2) is 16.8 Å². The molecule has 0 saturated heterocycles. The molecular formula is C14H15ClN2O4S2. The Kier molecular flexibility index (Phi) is 5.12. The Balaban J connectivity index is 2.29. The summed E-state index contributed by atoms with van der Waals surface area (Å²) in [5, 5.41) is -0.00839. The van der Waals surface area contributed by atoms with Gasteiger partial charge < -0.3 is 0 Å². The summed E-state index contributed by atoms with van der Waals surface area (Å²) in [6.07, 6.45) is 0. The van der Waals surface area contributed by atoms with E-state index in [0.717, 1.165) is 5.56 Å². The molecule has 0 aliphatic carbocycles. The molecule has 0 aliphatic rings. The van der Waals surface area contributed by atoms with E-state index in [0.29, 0.717) is 5.56 Å². The number of rotatable bonds is 5. The van der Waals surface area contributed by atoms with Crippen molar-refractivity contribution in [3.8, 4) is 0 Å². The highest BCUT2D eigenvalue weighted by molar-refractivity contribution is 7.92. The van der Waals surface area contributed by atoms with Crippen LogP contribution in [0.1, 0.15) is 11.1 Å². The van der Waals surface area contributed by atoms with Crippen LogP contribution in [0.5, 0.6) is 0 Å². The maximum atomic E-state index is 12.3. The Labute approximate surface area is 140 Å². The minimum atomic E-state index is -4.13. The number of hydrogen-bond acceptors (Lipinski definition) is 4. The van der Waals surface area contributed by atoms with Crippen LogP contribution in [0.2, 0.25) is 5.02 Å². The van der Waals surface area contributed by atoms with Gasteiger partial charge in [-0.2, -0.15) is 0 Å². The zero-order valence-electron chi connectivity index (χ0n) is 12.4. The lowest BCUT2D eigenvalue weighted by molar-refractivity contribution is 0.557. The van der Waals surface area contributed by atoms with E-state index in [2.05, 4.69) is 0 Å². The average molecular weight is 375 g/mol. The van der Waals surface area contributed by atoms with Crippen LogP contribution in [0.15, 0.2) is 52.3 Å². The van der Waals surface area contributed by atoms with Crippen molar-refractivity contribution in [3.63, 3.8) is 0 Å².